The molecule has 2 aromatic heterocycles. The van der Waals surface area contributed by atoms with Crippen LogP contribution in [0.3, 0.4) is 0 Å². The Bertz CT molecular complexity index is 947. The minimum absolute atomic E-state index is 0.338. The second-order valence-corrected chi connectivity index (χ2v) is 6.28. The van der Waals surface area contributed by atoms with Crippen LogP contribution >= 0.6 is 0 Å². The van der Waals surface area contributed by atoms with Crippen LogP contribution in [0.1, 0.15) is 15.9 Å². The van der Waals surface area contributed by atoms with E-state index in [0.29, 0.717) is 5.56 Å². The molecule has 0 fully saturated rings. The van der Waals surface area contributed by atoms with Gasteiger partial charge in [0.1, 0.15) is 11.4 Å². The number of methoxy groups -OCH3 is 1. The summed E-state index contributed by atoms with van der Waals surface area (Å²) in [6.45, 7) is 0.817. The molecule has 0 radical (unpaired) electrons. The highest BCUT2D eigenvalue weighted by molar-refractivity contribution is 6.06. The van der Waals surface area contributed by atoms with Crippen molar-refractivity contribution in [1.82, 2.24) is 9.61 Å². The van der Waals surface area contributed by atoms with Crippen LogP contribution in [-0.2, 0) is 11.2 Å². The van der Waals surface area contributed by atoms with E-state index in [-0.39, 0.29) is 5.97 Å². The van der Waals surface area contributed by atoms with Gasteiger partial charge in [0.2, 0.25) is 0 Å². The molecule has 6 nitrogen and oxygen atoms in total. The Kier molecular flexibility index (Phi) is 3.60. The lowest BCUT2D eigenvalue weighted by Crippen LogP contribution is -2.20. The lowest BCUT2D eigenvalue weighted by molar-refractivity contribution is 0.0603. The molecule has 0 N–H and O–H groups in total. The first-order chi connectivity index (χ1) is 12.1. The SMILES string of the molecule is COC(=O)c1c2c(c(N(C)C)n3nccc13)CCN2c1ccccc1. The molecule has 128 valence electrons. The van der Waals surface area contributed by atoms with E-state index in [4.69, 9.17) is 4.74 Å². The number of pyridine rings is 1. The Morgan fingerprint density at radius 2 is 1.96 bits per heavy atom. The van der Waals surface area contributed by atoms with Crippen molar-refractivity contribution in [3.8, 4) is 0 Å². The molecule has 0 atom stereocenters. The van der Waals surface area contributed by atoms with E-state index in [1.807, 2.05) is 47.8 Å². The van der Waals surface area contributed by atoms with Crippen LogP contribution in [0.25, 0.3) is 5.52 Å². The van der Waals surface area contributed by atoms with E-state index in [1.165, 1.54) is 7.11 Å². The van der Waals surface area contributed by atoms with Crippen molar-refractivity contribution in [2.45, 2.75) is 6.42 Å². The first kappa shape index (κ1) is 15.5. The summed E-state index contributed by atoms with van der Waals surface area (Å²) >= 11 is 0. The molecule has 3 heterocycles. The lowest BCUT2D eigenvalue weighted by atomic mass is 10.1. The number of benzene rings is 1. The number of carbonyl (C=O) groups is 1. The number of anilines is 3. The molecule has 1 aromatic carbocycles. The van der Waals surface area contributed by atoms with Crippen LogP contribution in [0.15, 0.2) is 42.6 Å². The highest BCUT2D eigenvalue weighted by atomic mass is 16.5. The van der Waals surface area contributed by atoms with Gasteiger partial charge in [0.25, 0.3) is 0 Å². The Morgan fingerprint density at radius 3 is 2.64 bits per heavy atom. The van der Waals surface area contributed by atoms with Crippen LogP contribution in [0.5, 0.6) is 0 Å². The van der Waals surface area contributed by atoms with E-state index in [2.05, 4.69) is 22.1 Å². The average Bonchev–Trinajstić information content (AvgIpc) is 3.26. The fourth-order valence-electron chi connectivity index (χ4n) is 3.66. The van der Waals surface area contributed by atoms with Crippen LogP contribution < -0.4 is 9.80 Å². The smallest absolute Gasteiger partial charge is 0.342 e. The number of rotatable bonds is 3. The number of nitrogens with zero attached hydrogens (tertiary/aromatic N) is 4. The number of hydrogen-bond donors (Lipinski definition) is 0. The summed E-state index contributed by atoms with van der Waals surface area (Å²) in [4.78, 5) is 16.9. The lowest BCUT2D eigenvalue weighted by Gasteiger charge is -2.25. The summed E-state index contributed by atoms with van der Waals surface area (Å²) < 4.78 is 6.94. The number of esters is 1. The van der Waals surface area contributed by atoms with Gasteiger partial charge in [-0.05, 0) is 24.6 Å². The first-order valence-corrected chi connectivity index (χ1v) is 8.24. The fourth-order valence-corrected chi connectivity index (χ4v) is 3.66. The Hall–Kier alpha value is -3.02. The van der Waals surface area contributed by atoms with Gasteiger partial charge in [0.15, 0.2) is 0 Å². The third kappa shape index (κ3) is 2.25. The van der Waals surface area contributed by atoms with Crippen molar-refractivity contribution >= 4 is 28.7 Å². The number of para-hydroxylation sites is 1. The molecule has 3 aromatic rings. The maximum absolute atomic E-state index is 12.6. The van der Waals surface area contributed by atoms with Gasteiger partial charge in [-0.3, -0.25) is 0 Å². The number of hydrogen-bond acceptors (Lipinski definition) is 5. The molecular formula is C19H20N4O2. The van der Waals surface area contributed by atoms with Crippen LogP contribution in [0, 0.1) is 0 Å². The largest absolute Gasteiger partial charge is 0.465 e. The van der Waals surface area contributed by atoms with Gasteiger partial charge < -0.3 is 14.5 Å². The van der Waals surface area contributed by atoms with Crippen molar-refractivity contribution in [2.24, 2.45) is 0 Å². The Morgan fingerprint density at radius 1 is 1.20 bits per heavy atom. The number of ether oxygens (including phenoxy) is 1. The van der Waals surface area contributed by atoms with Gasteiger partial charge in [-0.15, -0.1) is 0 Å². The second-order valence-electron chi connectivity index (χ2n) is 6.28. The Labute approximate surface area is 146 Å². The van der Waals surface area contributed by atoms with E-state index in [1.54, 1.807) is 6.20 Å². The topological polar surface area (TPSA) is 50.1 Å². The van der Waals surface area contributed by atoms with Gasteiger partial charge >= 0.3 is 5.97 Å². The van der Waals surface area contributed by atoms with Crippen LogP contribution in [0.4, 0.5) is 17.2 Å². The summed E-state index contributed by atoms with van der Waals surface area (Å²) in [5.74, 6) is 0.663. The van der Waals surface area contributed by atoms with Crippen molar-refractivity contribution in [3.63, 3.8) is 0 Å². The molecule has 1 aliphatic rings. The highest BCUT2D eigenvalue weighted by Gasteiger charge is 2.33. The van der Waals surface area contributed by atoms with E-state index < -0.39 is 0 Å². The van der Waals surface area contributed by atoms with Crippen LogP contribution in [0.2, 0.25) is 0 Å². The number of carbonyl (C=O) groups excluding carboxylic acids is 1. The molecular weight excluding hydrogens is 316 g/mol. The molecule has 0 saturated heterocycles. The van der Waals surface area contributed by atoms with Gasteiger partial charge in [0, 0.05) is 31.9 Å². The monoisotopic (exact) mass is 336 g/mol. The van der Waals surface area contributed by atoms with Gasteiger partial charge in [-0.1, -0.05) is 18.2 Å². The maximum atomic E-state index is 12.6. The maximum Gasteiger partial charge on any atom is 0.342 e. The minimum atomic E-state index is -0.338. The molecule has 0 saturated carbocycles. The highest BCUT2D eigenvalue weighted by Crippen LogP contribution is 2.43. The summed E-state index contributed by atoms with van der Waals surface area (Å²) in [5.41, 5.74) is 4.44. The van der Waals surface area contributed by atoms with Crippen molar-refractivity contribution in [3.05, 3.63) is 53.7 Å². The first-order valence-electron chi connectivity index (χ1n) is 8.24. The fraction of sp³-hybridized carbons (Fsp3) is 0.263. The summed E-state index contributed by atoms with van der Waals surface area (Å²) in [6.07, 6.45) is 2.56. The minimum Gasteiger partial charge on any atom is -0.465 e. The van der Waals surface area contributed by atoms with Crippen molar-refractivity contribution in [2.75, 3.05) is 37.5 Å². The molecule has 4 rings (SSSR count). The molecule has 0 unspecified atom stereocenters. The zero-order chi connectivity index (χ0) is 17.6. The van der Waals surface area contributed by atoms with Crippen LogP contribution in [-0.4, -0.2) is 43.3 Å². The molecule has 0 bridgehead atoms. The Balaban J connectivity index is 2.07. The van der Waals surface area contributed by atoms with Crippen molar-refractivity contribution < 1.29 is 9.53 Å². The van der Waals surface area contributed by atoms with Crippen molar-refractivity contribution in [1.29, 1.82) is 0 Å². The molecule has 0 spiro atoms. The van der Waals surface area contributed by atoms with E-state index >= 15 is 0 Å². The molecule has 1 aliphatic heterocycles. The summed E-state index contributed by atoms with van der Waals surface area (Å²) in [5, 5.41) is 4.44. The zero-order valence-corrected chi connectivity index (χ0v) is 14.6. The quantitative estimate of drug-likeness (QED) is 0.689. The zero-order valence-electron chi connectivity index (χ0n) is 14.6. The van der Waals surface area contributed by atoms with E-state index in [0.717, 1.165) is 41.2 Å². The third-order valence-corrected chi connectivity index (χ3v) is 4.63. The third-order valence-electron chi connectivity index (χ3n) is 4.63. The number of aromatic nitrogens is 2. The van der Waals surface area contributed by atoms with Gasteiger partial charge in [0.05, 0.1) is 24.5 Å². The average molecular weight is 336 g/mol. The summed E-state index contributed by atoms with van der Waals surface area (Å²) in [7, 11) is 5.42. The predicted octanol–water partition coefficient (Wildman–Crippen LogP) is 2.88. The molecule has 25 heavy (non-hydrogen) atoms. The van der Waals surface area contributed by atoms with E-state index in [9.17, 15) is 4.79 Å². The molecule has 6 heteroatoms. The second kappa shape index (κ2) is 5.81. The molecule has 0 aliphatic carbocycles. The number of fused-ring (bicyclic) bond motifs is 2. The van der Waals surface area contributed by atoms with Gasteiger partial charge in [-0.25, -0.2) is 9.31 Å². The standard InChI is InChI=1S/C19H20N4O2/c1-21(2)18-14-10-12-22(13-7-5-4-6-8-13)17(14)16(19(24)25-3)15-9-11-20-23(15)18/h4-9,11H,10,12H2,1-3H3. The predicted molar refractivity (Wildman–Crippen MR) is 98.0 cm³/mol. The normalized spacial score (nSPS) is 13.2. The summed E-state index contributed by atoms with van der Waals surface area (Å²) in [6, 6.07) is 12.0. The van der Waals surface area contributed by atoms with Gasteiger partial charge in [-0.2, -0.15) is 5.10 Å². The molecule has 0 amide bonds.